The number of rotatable bonds is 8. The first kappa shape index (κ1) is 19.6. The van der Waals surface area contributed by atoms with E-state index in [1.807, 2.05) is 19.9 Å². The van der Waals surface area contributed by atoms with Crippen molar-refractivity contribution in [2.75, 3.05) is 33.0 Å². The van der Waals surface area contributed by atoms with Crippen LogP contribution < -0.4 is 10.1 Å². The van der Waals surface area contributed by atoms with E-state index >= 15 is 0 Å². The minimum absolute atomic E-state index is 0.0266. The first-order valence-electron chi connectivity index (χ1n) is 8.56. The van der Waals surface area contributed by atoms with Gasteiger partial charge in [-0.3, -0.25) is 4.79 Å². The molecule has 0 saturated carbocycles. The maximum absolute atomic E-state index is 11.7. The molecule has 1 aliphatic heterocycles. The number of nitrogens with one attached hydrogen (secondary N) is 1. The first-order valence-corrected chi connectivity index (χ1v) is 8.56. The molecule has 0 fully saturated rings. The highest BCUT2D eigenvalue weighted by Gasteiger charge is 2.17. The van der Waals surface area contributed by atoms with Crippen LogP contribution >= 0.6 is 0 Å². The Morgan fingerprint density at radius 1 is 1.19 bits per heavy atom. The van der Waals surface area contributed by atoms with Gasteiger partial charge in [0.2, 0.25) is 5.76 Å². The zero-order chi connectivity index (χ0) is 18.9. The molecule has 0 saturated heterocycles. The summed E-state index contributed by atoms with van der Waals surface area (Å²) in [5.41, 5.74) is 3.47. The summed E-state index contributed by atoms with van der Waals surface area (Å²) in [6.45, 7) is 7.34. The van der Waals surface area contributed by atoms with Crippen molar-refractivity contribution in [1.82, 2.24) is 5.32 Å². The van der Waals surface area contributed by atoms with Gasteiger partial charge in [-0.25, -0.2) is 4.79 Å². The second kappa shape index (κ2) is 9.70. The van der Waals surface area contributed by atoms with Crippen LogP contribution in [0.1, 0.15) is 23.1 Å². The SMILES string of the molecule is Cc1cc(C)c(C)c(OCCCNC(=O)COC(=O)C2=COCCO2)c1. The molecule has 0 radical (unpaired) electrons. The van der Waals surface area contributed by atoms with Crippen LogP contribution in [0.3, 0.4) is 0 Å². The van der Waals surface area contributed by atoms with Crippen LogP contribution in [0.4, 0.5) is 0 Å². The van der Waals surface area contributed by atoms with Gasteiger partial charge >= 0.3 is 5.97 Å². The fourth-order valence-electron chi connectivity index (χ4n) is 2.36. The molecule has 1 amide bonds. The largest absolute Gasteiger partial charge is 0.493 e. The van der Waals surface area contributed by atoms with Crippen molar-refractivity contribution >= 4 is 11.9 Å². The van der Waals surface area contributed by atoms with E-state index in [0.717, 1.165) is 16.9 Å². The lowest BCUT2D eigenvalue weighted by Crippen LogP contribution is -2.31. The lowest BCUT2D eigenvalue weighted by atomic mass is 10.1. The highest BCUT2D eigenvalue weighted by atomic mass is 16.6. The maximum atomic E-state index is 11.7. The summed E-state index contributed by atoms with van der Waals surface area (Å²) in [7, 11) is 0. The van der Waals surface area contributed by atoms with Crippen molar-refractivity contribution in [3.63, 3.8) is 0 Å². The first-order chi connectivity index (χ1) is 12.5. The normalized spacial score (nSPS) is 13.1. The quantitative estimate of drug-likeness (QED) is 0.561. The maximum Gasteiger partial charge on any atom is 0.377 e. The number of amides is 1. The van der Waals surface area contributed by atoms with Crippen LogP contribution in [0, 0.1) is 20.8 Å². The minimum atomic E-state index is -0.714. The Balaban J connectivity index is 1.61. The number of aryl methyl sites for hydroxylation is 2. The number of carbonyl (C=O) groups excluding carboxylic acids is 2. The van der Waals surface area contributed by atoms with Gasteiger partial charge in [0.15, 0.2) is 6.61 Å². The van der Waals surface area contributed by atoms with E-state index in [1.54, 1.807) is 0 Å². The van der Waals surface area contributed by atoms with E-state index in [-0.39, 0.29) is 24.9 Å². The van der Waals surface area contributed by atoms with Crippen LogP contribution in [-0.4, -0.2) is 44.8 Å². The summed E-state index contributed by atoms with van der Waals surface area (Å²) < 4.78 is 20.7. The predicted octanol–water partition coefficient (Wildman–Crippen LogP) is 1.93. The van der Waals surface area contributed by atoms with E-state index in [4.69, 9.17) is 18.9 Å². The zero-order valence-corrected chi connectivity index (χ0v) is 15.4. The monoisotopic (exact) mass is 363 g/mol. The highest BCUT2D eigenvalue weighted by molar-refractivity contribution is 5.88. The molecule has 26 heavy (non-hydrogen) atoms. The third-order valence-corrected chi connectivity index (χ3v) is 3.85. The average molecular weight is 363 g/mol. The van der Waals surface area contributed by atoms with Gasteiger partial charge in [0, 0.05) is 6.54 Å². The van der Waals surface area contributed by atoms with E-state index in [2.05, 4.69) is 18.3 Å². The molecule has 0 aliphatic carbocycles. The fraction of sp³-hybridized carbons (Fsp3) is 0.474. The van der Waals surface area contributed by atoms with E-state index in [0.29, 0.717) is 26.2 Å². The van der Waals surface area contributed by atoms with Crippen LogP contribution in [0.2, 0.25) is 0 Å². The van der Waals surface area contributed by atoms with Crippen molar-refractivity contribution in [1.29, 1.82) is 0 Å². The number of ether oxygens (including phenoxy) is 4. The Labute approximate surface area is 153 Å². The molecule has 7 heteroatoms. The van der Waals surface area contributed by atoms with Gasteiger partial charge in [-0.2, -0.15) is 0 Å². The zero-order valence-electron chi connectivity index (χ0n) is 15.4. The number of hydrogen-bond acceptors (Lipinski definition) is 6. The lowest BCUT2D eigenvalue weighted by molar-refractivity contribution is -0.149. The summed E-state index contributed by atoms with van der Waals surface area (Å²) in [6.07, 6.45) is 1.84. The Morgan fingerprint density at radius 2 is 2.00 bits per heavy atom. The molecule has 0 spiro atoms. The Morgan fingerprint density at radius 3 is 2.73 bits per heavy atom. The minimum Gasteiger partial charge on any atom is -0.493 e. The second-order valence-electron chi connectivity index (χ2n) is 6.03. The molecule has 7 nitrogen and oxygen atoms in total. The summed E-state index contributed by atoms with van der Waals surface area (Å²) in [5.74, 6) is -0.251. The topological polar surface area (TPSA) is 83.1 Å². The molecule has 0 atom stereocenters. The molecule has 1 aromatic rings. The smallest absolute Gasteiger partial charge is 0.377 e. The molecule has 0 unspecified atom stereocenters. The van der Waals surface area contributed by atoms with Crippen molar-refractivity contribution in [2.24, 2.45) is 0 Å². The van der Waals surface area contributed by atoms with Crippen LogP contribution in [0.25, 0.3) is 0 Å². The molecule has 2 rings (SSSR count). The molecule has 1 heterocycles. The summed E-state index contributed by atoms with van der Waals surface area (Å²) in [6, 6.07) is 4.12. The van der Waals surface area contributed by atoms with Gasteiger partial charge in [0.05, 0.1) is 6.61 Å². The number of esters is 1. The third-order valence-electron chi connectivity index (χ3n) is 3.85. The molecule has 0 bridgehead atoms. The molecular formula is C19H25NO6. The molecule has 1 aromatic carbocycles. The van der Waals surface area contributed by atoms with Gasteiger partial charge in [-0.05, 0) is 49.9 Å². The van der Waals surface area contributed by atoms with Gasteiger partial charge in [-0.15, -0.1) is 0 Å². The van der Waals surface area contributed by atoms with Crippen molar-refractivity contribution in [3.05, 3.63) is 40.8 Å². The second-order valence-corrected chi connectivity index (χ2v) is 6.03. The molecular weight excluding hydrogens is 338 g/mol. The van der Waals surface area contributed by atoms with E-state index < -0.39 is 5.97 Å². The number of benzene rings is 1. The summed E-state index contributed by atoms with van der Waals surface area (Å²) in [5, 5.41) is 2.68. The Bertz CT molecular complexity index is 683. The molecule has 1 N–H and O–H groups in total. The number of carbonyl (C=O) groups is 2. The van der Waals surface area contributed by atoms with E-state index in [9.17, 15) is 9.59 Å². The van der Waals surface area contributed by atoms with Crippen molar-refractivity contribution in [3.8, 4) is 5.75 Å². The van der Waals surface area contributed by atoms with Gasteiger partial charge in [0.25, 0.3) is 5.91 Å². The van der Waals surface area contributed by atoms with Gasteiger partial charge in [-0.1, -0.05) is 6.07 Å². The Kier molecular flexibility index (Phi) is 7.32. The van der Waals surface area contributed by atoms with Gasteiger partial charge < -0.3 is 24.3 Å². The van der Waals surface area contributed by atoms with E-state index in [1.165, 1.54) is 11.8 Å². The standard InChI is InChI=1S/C19H25NO6/c1-13-9-14(2)15(3)16(10-13)24-6-4-5-20-18(21)12-26-19(22)17-11-23-7-8-25-17/h9-11H,4-8,12H2,1-3H3,(H,20,21). The molecule has 1 aliphatic rings. The lowest BCUT2D eigenvalue weighted by Gasteiger charge is -2.14. The van der Waals surface area contributed by atoms with Gasteiger partial charge in [0.1, 0.15) is 25.2 Å². The molecule has 0 aromatic heterocycles. The van der Waals surface area contributed by atoms with Crippen molar-refractivity contribution in [2.45, 2.75) is 27.2 Å². The third kappa shape index (κ3) is 5.98. The average Bonchev–Trinajstić information content (AvgIpc) is 2.63. The number of hydrogen-bond donors (Lipinski definition) is 1. The van der Waals surface area contributed by atoms with Crippen molar-refractivity contribution < 1.29 is 28.5 Å². The fourth-order valence-corrected chi connectivity index (χ4v) is 2.36. The predicted molar refractivity (Wildman–Crippen MR) is 94.7 cm³/mol. The summed E-state index contributed by atoms with van der Waals surface area (Å²) in [4.78, 5) is 23.3. The summed E-state index contributed by atoms with van der Waals surface area (Å²) >= 11 is 0. The molecule has 142 valence electrons. The Hall–Kier alpha value is -2.70. The van der Waals surface area contributed by atoms with Crippen LogP contribution in [-0.2, 0) is 23.8 Å². The highest BCUT2D eigenvalue weighted by Crippen LogP contribution is 2.23. The van der Waals surface area contributed by atoms with Crippen LogP contribution in [0.5, 0.6) is 5.75 Å². The van der Waals surface area contributed by atoms with Crippen LogP contribution in [0.15, 0.2) is 24.2 Å².